The summed E-state index contributed by atoms with van der Waals surface area (Å²) in [6, 6.07) is 0.973. The number of rotatable bonds is 12. The maximum Gasteiger partial charge on any atom is 0.333 e. The highest BCUT2D eigenvalue weighted by molar-refractivity contribution is 6.86. The van der Waals surface area contributed by atoms with Crippen LogP contribution in [0.4, 0.5) is 0 Å². The van der Waals surface area contributed by atoms with Crippen molar-refractivity contribution in [3.05, 3.63) is 12.2 Å². The van der Waals surface area contributed by atoms with Crippen LogP contribution in [0.25, 0.3) is 0 Å². The molecule has 0 bridgehead atoms. The monoisotopic (exact) mass is 432 g/mol. The number of hydrogen-bond acceptors (Lipinski definition) is 4. The molecule has 0 amide bonds. The van der Waals surface area contributed by atoms with Crippen LogP contribution >= 0.6 is 0 Å². The van der Waals surface area contributed by atoms with Crippen LogP contribution in [0.1, 0.15) is 47.5 Å². The third-order valence-corrected chi connectivity index (χ3v) is 18.7. The van der Waals surface area contributed by atoms with Crippen molar-refractivity contribution in [2.24, 2.45) is 0 Å². The van der Waals surface area contributed by atoms with Crippen molar-refractivity contribution >= 4 is 30.9 Å². The maximum absolute atomic E-state index is 11.5. The molecule has 0 spiro atoms. The normalized spacial score (nSPS) is 14.8. The lowest BCUT2D eigenvalue weighted by molar-refractivity contribution is -0.138. The molecule has 0 radical (unpaired) electrons. The second-order valence-corrected chi connectivity index (χ2v) is 23.5. The van der Waals surface area contributed by atoms with Crippen molar-refractivity contribution in [1.29, 1.82) is 0 Å². The van der Waals surface area contributed by atoms with Crippen LogP contribution in [0.15, 0.2) is 12.2 Å². The first kappa shape index (κ1) is 26.8. The highest BCUT2D eigenvalue weighted by Crippen LogP contribution is 2.42. The van der Waals surface area contributed by atoms with Crippen molar-refractivity contribution in [3.8, 4) is 0 Å². The van der Waals surface area contributed by atoms with Gasteiger partial charge in [-0.1, -0.05) is 33.8 Å². The highest BCUT2D eigenvalue weighted by Gasteiger charge is 2.45. The van der Waals surface area contributed by atoms with Crippen molar-refractivity contribution in [3.63, 3.8) is 0 Å². The molecule has 27 heavy (non-hydrogen) atoms. The lowest BCUT2D eigenvalue weighted by Crippen LogP contribution is -2.56. The van der Waals surface area contributed by atoms with Crippen LogP contribution in [0.3, 0.4) is 0 Å². The highest BCUT2D eigenvalue weighted by atomic mass is 28.4. The molecule has 0 heterocycles. The Kier molecular flexibility index (Phi) is 9.92. The molecule has 0 aliphatic carbocycles. The van der Waals surface area contributed by atoms with Crippen LogP contribution in [-0.4, -0.2) is 43.3 Å². The molecule has 0 aromatic rings. The summed E-state index contributed by atoms with van der Waals surface area (Å²) in [7, 11) is -5.67. The molecule has 1 unspecified atom stereocenters. The van der Waals surface area contributed by atoms with Gasteiger partial charge in [0, 0.05) is 5.57 Å². The third kappa shape index (κ3) is 8.77. The molecule has 0 fully saturated rings. The molecule has 1 atom stereocenters. The lowest BCUT2D eigenvalue weighted by atomic mass is 10.1. The van der Waals surface area contributed by atoms with Gasteiger partial charge in [0.05, 0.1) is 12.3 Å². The number of carbonyl (C=O) groups excluding carboxylic acids is 1. The fourth-order valence-corrected chi connectivity index (χ4v) is 14.6. The fraction of sp³-hybridized carbons (Fsp3) is 0.850. The summed E-state index contributed by atoms with van der Waals surface area (Å²) in [6.07, 6.45) is 1.96. The summed E-state index contributed by atoms with van der Waals surface area (Å²) in [5.41, 5.74) is 0.613. The first-order valence-electron chi connectivity index (χ1n) is 10.2. The Morgan fingerprint density at radius 1 is 1.11 bits per heavy atom. The van der Waals surface area contributed by atoms with Gasteiger partial charge in [-0.15, -0.1) is 0 Å². The molecule has 0 aliphatic rings. The first-order chi connectivity index (χ1) is 12.0. The number of esters is 1. The second-order valence-electron chi connectivity index (χ2n) is 9.99. The quantitative estimate of drug-likeness (QED) is 0.158. The number of ether oxygens (including phenoxy) is 1. The van der Waals surface area contributed by atoms with Gasteiger partial charge in [0.25, 0.3) is 0 Å². The minimum Gasteiger partial charge on any atom is -0.462 e. The minimum atomic E-state index is -1.99. The molecule has 0 N–H and O–H groups in total. The Morgan fingerprint density at radius 3 is 2.07 bits per heavy atom. The van der Waals surface area contributed by atoms with Crippen molar-refractivity contribution in [2.75, 3.05) is 6.61 Å². The molecule has 0 aromatic carbocycles. The van der Waals surface area contributed by atoms with Gasteiger partial charge in [-0.3, -0.25) is 0 Å². The van der Waals surface area contributed by atoms with Crippen LogP contribution in [0, 0.1) is 0 Å². The van der Waals surface area contributed by atoms with E-state index in [1.807, 2.05) is 0 Å². The Bertz CT molecular complexity index is 513. The lowest BCUT2D eigenvalue weighted by Gasteiger charge is -2.45. The molecule has 160 valence electrons. The van der Waals surface area contributed by atoms with Crippen LogP contribution in [0.5, 0.6) is 0 Å². The van der Waals surface area contributed by atoms with E-state index in [4.69, 9.17) is 13.3 Å². The summed E-state index contributed by atoms with van der Waals surface area (Å²) < 4.78 is 18.7. The average Bonchev–Trinajstić information content (AvgIpc) is 2.49. The van der Waals surface area contributed by atoms with Crippen LogP contribution in [0.2, 0.25) is 50.4 Å². The zero-order valence-electron chi connectivity index (χ0n) is 19.7. The van der Waals surface area contributed by atoms with E-state index in [1.54, 1.807) is 6.92 Å². The molecule has 0 rings (SSSR count). The second kappa shape index (κ2) is 10.0. The maximum atomic E-state index is 11.5. The summed E-state index contributed by atoms with van der Waals surface area (Å²) in [6.45, 7) is 28.5. The van der Waals surface area contributed by atoms with Crippen LogP contribution in [-0.2, 0) is 18.1 Å². The minimum absolute atomic E-state index is 0.165. The molecule has 0 aromatic heterocycles. The van der Waals surface area contributed by atoms with Gasteiger partial charge in [-0.05, 0) is 70.6 Å². The van der Waals surface area contributed by atoms with Gasteiger partial charge >= 0.3 is 5.97 Å². The van der Waals surface area contributed by atoms with E-state index in [0.29, 0.717) is 12.2 Å². The Hall–Kier alpha value is -0.219. The van der Waals surface area contributed by atoms with Gasteiger partial charge < -0.3 is 13.3 Å². The predicted molar refractivity (Wildman–Crippen MR) is 124 cm³/mol. The largest absolute Gasteiger partial charge is 0.462 e. The van der Waals surface area contributed by atoms with Crippen LogP contribution < -0.4 is 0 Å². The Labute approximate surface area is 171 Å². The molecule has 4 nitrogen and oxygen atoms in total. The SMILES string of the molecule is C=C(C)C(=O)OCCC[Si](C)(C)O[Si](C)(C)C(C)O[Si](C)(C)C(C)(C)CC. The average molecular weight is 433 g/mol. The van der Waals surface area contributed by atoms with E-state index < -0.39 is 25.0 Å². The van der Waals surface area contributed by atoms with Gasteiger partial charge in [0.15, 0.2) is 16.6 Å². The summed E-state index contributed by atoms with van der Waals surface area (Å²) in [5, 5.41) is 0.242. The smallest absolute Gasteiger partial charge is 0.333 e. The summed E-state index contributed by atoms with van der Waals surface area (Å²) in [4.78, 5) is 11.5. The van der Waals surface area contributed by atoms with E-state index in [-0.39, 0.29) is 16.7 Å². The number of hydrogen-bond donors (Lipinski definition) is 0. The van der Waals surface area contributed by atoms with Gasteiger partial charge in [0.1, 0.15) is 0 Å². The van der Waals surface area contributed by atoms with Crippen molar-refractivity contribution in [2.45, 2.75) is 104 Å². The van der Waals surface area contributed by atoms with E-state index in [0.717, 1.165) is 18.9 Å². The Morgan fingerprint density at radius 2 is 1.63 bits per heavy atom. The van der Waals surface area contributed by atoms with E-state index in [2.05, 4.69) is 73.6 Å². The molecule has 7 heteroatoms. The zero-order valence-corrected chi connectivity index (χ0v) is 22.7. The zero-order chi connectivity index (χ0) is 21.7. The van der Waals surface area contributed by atoms with Crippen molar-refractivity contribution < 1.29 is 18.1 Å². The van der Waals surface area contributed by atoms with Gasteiger partial charge in [-0.2, -0.15) is 0 Å². The topological polar surface area (TPSA) is 44.8 Å². The Balaban J connectivity index is 4.77. The summed E-state index contributed by atoms with van der Waals surface area (Å²) in [5.74, 6) is -0.308. The first-order valence-corrected chi connectivity index (χ1v) is 19.2. The fourth-order valence-electron chi connectivity index (χ4n) is 2.80. The third-order valence-electron chi connectivity index (χ3n) is 6.01. The van der Waals surface area contributed by atoms with Gasteiger partial charge in [-0.25, -0.2) is 4.79 Å². The standard InChI is InChI=1S/C20H44O4Si3/c1-13-20(5,6)27(11,12)23-18(4)26(9,10)24-25(7,8)16-14-15-22-19(21)17(2)3/h18H,2,13-16H2,1,3-12H3. The molecular formula is C20H44O4Si3. The molecule has 0 aliphatic heterocycles. The van der Waals surface area contributed by atoms with Crippen molar-refractivity contribution in [1.82, 2.24) is 0 Å². The predicted octanol–water partition coefficient (Wildman–Crippen LogP) is 6.26. The number of carbonyl (C=O) groups is 1. The molecular weight excluding hydrogens is 388 g/mol. The molecule has 0 saturated carbocycles. The van der Waals surface area contributed by atoms with Gasteiger partial charge in [0.2, 0.25) is 8.32 Å². The van der Waals surface area contributed by atoms with E-state index >= 15 is 0 Å². The summed E-state index contributed by atoms with van der Waals surface area (Å²) >= 11 is 0. The molecule has 0 saturated heterocycles. The van der Waals surface area contributed by atoms with E-state index in [9.17, 15) is 4.79 Å². The van der Waals surface area contributed by atoms with E-state index in [1.165, 1.54) is 0 Å².